The Bertz CT molecular complexity index is 579. The molecule has 1 aliphatic rings. The van der Waals surface area contributed by atoms with Crippen LogP contribution in [0.2, 0.25) is 0 Å². The van der Waals surface area contributed by atoms with Gasteiger partial charge in [-0.25, -0.2) is 0 Å². The SMILES string of the molecule is C[C@@H](OC(=O)C1CC1)c1cccc2ccccc12. The molecular weight excluding hydrogens is 224 g/mol. The Balaban J connectivity index is 1.90. The van der Waals surface area contributed by atoms with Gasteiger partial charge in [0.2, 0.25) is 0 Å². The van der Waals surface area contributed by atoms with Crippen LogP contribution in [0.1, 0.15) is 31.4 Å². The molecule has 0 N–H and O–H groups in total. The molecule has 2 aromatic rings. The molecule has 92 valence electrons. The number of rotatable bonds is 3. The minimum absolute atomic E-state index is 0.0459. The van der Waals surface area contributed by atoms with E-state index >= 15 is 0 Å². The molecule has 0 heterocycles. The minimum atomic E-state index is -0.177. The van der Waals surface area contributed by atoms with Crippen LogP contribution in [-0.4, -0.2) is 5.97 Å². The molecule has 2 aromatic carbocycles. The van der Waals surface area contributed by atoms with Gasteiger partial charge >= 0.3 is 5.97 Å². The van der Waals surface area contributed by atoms with Crippen molar-refractivity contribution >= 4 is 16.7 Å². The average molecular weight is 240 g/mol. The van der Waals surface area contributed by atoms with Crippen LogP contribution in [0.3, 0.4) is 0 Å². The Morgan fingerprint density at radius 2 is 1.89 bits per heavy atom. The topological polar surface area (TPSA) is 26.3 Å². The zero-order valence-electron chi connectivity index (χ0n) is 10.4. The van der Waals surface area contributed by atoms with Gasteiger partial charge in [-0.15, -0.1) is 0 Å². The molecule has 18 heavy (non-hydrogen) atoms. The fourth-order valence-electron chi connectivity index (χ4n) is 2.26. The van der Waals surface area contributed by atoms with E-state index in [0.717, 1.165) is 23.8 Å². The second-order valence-corrected chi connectivity index (χ2v) is 4.92. The van der Waals surface area contributed by atoms with Crippen LogP contribution in [0.5, 0.6) is 0 Å². The largest absolute Gasteiger partial charge is 0.458 e. The number of fused-ring (bicyclic) bond motifs is 1. The summed E-state index contributed by atoms with van der Waals surface area (Å²) in [5, 5.41) is 2.35. The summed E-state index contributed by atoms with van der Waals surface area (Å²) in [5.74, 6) is 0.109. The van der Waals surface area contributed by atoms with Gasteiger partial charge < -0.3 is 4.74 Å². The van der Waals surface area contributed by atoms with Gasteiger partial charge in [0.1, 0.15) is 6.10 Å². The number of esters is 1. The molecule has 0 aromatic heterocycles. The van der Waals surface area contributed by atoms with Crippen LogP contribution in [0, 0.1) is 5.92 Å². The average Bonchev–Trinajstić information content (AvgIpc) is 3.22. The first kappa shape index (κ1) is 11.3. The van der Waals surface area contributed by atoms with Crippen molar-refractivity contribution in [3.8, 4) is 0 Å². The van der Waals surface area contributed by atoms with E-state index in [1.165, 1.54) is 5.39 Å². The third-order valence-electron chi connectivity index (χ3n) is 3.46. The van der Waals surface area contributed by atoms with E-state index in [1.807, 2.05) is 31.2 Å². The van der Waals surface area contributed by atoms with E-state index < -0.39 is 0 Å². The summed E-state index contributed by atoms with van der Waals surface area (Å²) in [6, 6.07) is 14.3. The summed E-state index contributed by atoms with van der Waals surface area (Å²) < 4.78 is 5.53. The van der Waals surface area contributed by atoms with Crippen LogP contribution in [-0.2, 0) is 9.53 Å². The van der Waals surface area contributed by atoms with E-state index in [0.29, 0.717) is 0 Å². The van der Waals surface area contributed by atoms with Gasteiger partial charge in [-0.05, 0) is 36.1 Å². The van der Waals surface area contributed by atoms with Crippen LogP contribution >= 0.6 is 0 Å². The number of hydrogen-bond acceptors (Lipinski definition) is 2. The van der Waals surface area contributed by atoms with Crippen LogP contribution in [0.4, 0.5) is 0 Å². The van der Waals surface area contributed by atoms with Crippen LogP contribution < -0.4 is 0 Å². The molecule has 1 saturated carbocycles. The van der Waals surface area contributed by atoms with Gasteiger partial charge in [-0.3, -0.25) is 4.79 Å². The third-order valence-corrected chi connectivity index (χ3v) is 3.46. The molecule has 0 bridgehead atoms. The predicted octanol–water partition coefficient (Wildman–Crippen LogP) is 3.85. The first-order valence-corrected chi connectivity index (χ1v) is 6.44. The molecule has 0 spiro atoms. The van der Waals surface area contributed by atoms with Gasteiger partial charge in [-0.1, -0.05) is 42.5 Å². The van der Waals surface area contributed by atoms with E-state index in [1.54, 1.807) is 0 Å². The van der Waals surface area contributed by atoms with Crippen molar-refractivity contribution in [3.05, 3.63) is 48.0 Å². The highest BCUT2D eigenvalue weighted by atomic mass is 16.5. The highest BCUT2D eigenvalue weighted by Crippen LogP contribution is 2.33. The fraction of sp³-hybridized carbons (Fsp3) is 0.312. The lowest BCUT2D eigenvalue weighted by Gasteiger charge is -2.15. The van der Waals surface area contributed by atoms with Crippen molar-refractivity contribution in [1.29, 1.82) is 0 Å². The lowest BCUT2D eigenvalue weighted by atomic mass is 10.0. The maximum absolute atomic E-state index is 11.7. The first-order valence-electron chi connectivity index (χ1n) is 6.44. The molecule has 3 rings (SSSR count). The molecule has 0 amide bonds. The molecule has 0 saturated heterocycles. The van der Waals surface area contributed by atoms with Crippen molar-refractivity contribution in [2.75, 3.05) is 0 Å². The Kier molecular flexibility index (Phi) is 2.78. The van der Waals surface area contributed by atoms with Crippen LogP contribution in [0.15, 0.2) is 42.5 Å². The maximum Gasteiger partial charge on any atom is 0.309 e. The van der Waals surface area contributed by atoms with Crippen molar-refractivity contribution in [2.24, 2.45) is 5.92 Å². The minimum Gasteiger partial charge on any atom is -0.458 e. The summed E-state index contributed by atoms with van der Waals surface area (Å²) in [7, 11) is 0. The summed E-state index contributed by atoms with van der Waals surface area (Å²) in [6.45, 7) is 1.95. The van der Waals surface area contributed by atoms with E-state index in [-0.39, 0.29) is 18.0 Å². The lowest BCUT2D eigenvalue weighted by molar-refractivity contribution is -0.150. The second kappa shape index (κ2) is 4.45. The van der Waals surface area contributed by atoms with Crippen molar-refractivity contribution in [3.63, 3.8) is 0 Å². The zero-order chi connectivity index (χ0) is 12.5. The number of ether oxygens (including phenoxy) is 1. The quantitative estimate of drug-likeness (QED) is 0.762. The molecule has 1 atom stereocenters. The van der Waals surface area contributed by atoms with Gasteiger partial charge in [0.15, 0.2) is 0 Å². The molecule has 1 fully saturated rings. The third kappa shape index (κ3) is 2.10. The lowest BCUT2D eigenvalue weighted by Crippen LogP contribution is -2.10. The Morgan fingerprint density at radius 3 is 2.67 bits per heavy atom. The van der Waals surface area contributed by atoms with E-state index in [2.05, 4.69) is 18.2 Å². The number of carbonyl (C=O) groups is 1. The summed E-state index contributed by atoms with van der Waals surface area (Å²) in [6.07, 6.45) is 1.80. The molecule has 0 radical (unpaired) electrons. The molecule has 0 aliphatic heterocycles. The Labute approximate surface area is 107 Å². The smallest absolute Gasteiger partial charge is 0.309 e. The van der Waals surface area contributed by atoms with Crippen molar-refractivity contribution < 1.29 is 9.53 Å². The van der Waals surface area contributed by atoms with Gasteiger partial charge in [0.05, 0.1) is 5.92 Å². The fourth-order valence-corrected chi connectivity index (χ4v) is 2.26. The molecular formula is C16H16O2. The number of hydrogen-bond donors (Lipinski definition) is 0. The molecule has 2 nitrogen and oxygen atoms in total. The number of benzene rings is 2. The first-order chi connectivity index (χ1) is 8.75. The number of carbonyl (C=O) groups excluding carboxylic acids is 1. The summed E-state index contributed by atoms with van der Waals surface area (Å²) in [4.78, 5) is 11.7. The molecule has 0 unspecified atom stereocenters. The normalized spacial score (nSPS) is 16.5. The standard InChI is InChI=1S/C16H16O2/c1-11(18-16(17)13-9-10-13)14-8-4-6-12-5-2-3-7-15(12)14/h2-8,11,13H,9-10H2,1H3/t11-/m1/s1. The summed E-state index contributed by atoms with van der Waals surface area (Å²) >= 11 is 0. The van der Waals surface area contributed by atoms with Gasteiger partial charge in [0.25, 0.3) is 0 Å². The summed E-state index contributed by atoms with van der Waals surface area (Å²) in [5.41, 5.74) is 1.09. The van der Waals surface area contributed by atoms with Crippen LogP contribution in [0.25, 0.3) is 10.8 Å². The molecule has 2 heteroatoms. The second-order valence-electron chi connectivity index (χ2n) is 4.92. The van der Waals surface area contributed by atoms with Crippen molar-refractivity contribution in [2.45, 2.75) is 25.9 Å². The highest BCUT2D eigenvalue weighted by Gasteiger charge is 2.32. The van der Waals surface area contributed by atoms with Crippen molar-refractivity contribution in [1.82, 2.24) is 0 Å². The van der Waals surface area contributed by atoms with Gasteiger partial charge in [-0.2, -0.15) is 0 Å². The molecule has 1 aliphatic carbocycles. The monoisotopic (exact) mass is 240 g/mol. The zero-order valence-corrected chi connectivity index (χ0v) is 10.4. The Hall–Kier alpha value is -1.83. The predicted molar refractivity (Wildman–Crippen MR) is 71.2 cm³/mol. The Morgan fingerprint density at radius 1 is 1.17 bits per heavy atom. The van der Waals surface area contributed by atoms with Gasteiger partial charge in [0, 0.05) is 0 Å². The van der Waals surface area contributed by atoms with E-state index in [4.69, 9.17) is 4.74 Å². The van der Waals surface area contributed by atoms with E-state index in [9.17, 15) is 4.79 Å². The highest BCUT2D eigenvalue weighted by molar-refractivity contribution is 5.86. The maximum atomic E-state index is 11.7.